The minimum atomic E-state index is 0.0119. The molecule has 0 atom stereocenters. The van der Waals surface area contributed by atoms with Crippen LogP contribution < -0.4 is 11.1 Å². The highest BCUT2D eigenvalue weighted by Crippen LogP contribution is 2.17. The first-order valence-electron chi connectivity index (χ1n) is 4.81. The zero-order valence-electron chi connectivity index (χ0n) is 7.94. The van der Waals surface area contributed by atoms with Gasteiger partial charge in [0.05, 0.1) is 11.9 Å². The molecule has 1 saturated carbocycles. The number of hydrogen-bond donors (Lipinski definition) is 2. The third-order valence-corrected chi connectivity index (χ3v) is 2.43. The van der Waals surface area contributed by atoms with Gasteiger partial charge in [0.25, 0.3) is 0 Å². The number of nitrogen functional groups attached to an aromatic ring is 1. The molecule has 1 aliphatic carbocycles. The smallest absolute Gasteiger partial charge is 0.241 e. The maximum Gasteiger partial charge on any atom is 0.241 e. The molecule has 2 rings (SSSR count). The molecule has 0 spiro atoms. The molecule has 3 N–H and O–H groups in total. The zero-order valence-corrected chi connectivity index (χ0v) is 7.94. The molecule has 76 valence electrons. The molecule has 0 saturated heterocycles. The highest BCUT2D eigenvalue weighted by molar-refractivity contribution is 5.76. The van der Waals surface area contributed by atoms with E-state index in [0.29, 0.717) is 11.7 Å². The highest BCUT2D eigenvalue weighted by atomic mass is 16.2. The van der Waals surface area contributed by atoms with Gasteiger partial charge in [-0.1, -0.05) is 0 Å². The molecule has 1 fully saturated rings. The fraction of sp³-hybridized carbons (Fsp3) is 0.556. The van der Waals surface area contributed by atoms with Gasteiger partial charge < -0.3 is 11.1 Å². The van der Waals surface area contributed by atoms with Gasteiger partial charge in [-0.2, -0.15) is 5.10 Å². The zero-order chi connectivity index (χ0) is 9.97. The average Bonchev–Trinajstić information content (AvgIpc) is 2.44. The maximum absolute atomic E-state index is 11.4. The van der Waals surface area contributed by atoms with Gasteiger partial charge in [0, 0.05) is 12.2 Å². The monoisotopic (exact) mass is 194 g/mol. The molecule has 5 nitrogen and oxygen atoms in total. The molecule has 5 heteroatoms. The van der Waals surface area contributed by atoms with E-state index in [9.17, 15) is 4.79 Å². The van der Waals surface area contributed by atoms with Crippen LogP contribution in [0.2, 0.25) is 0 Å². The van der Waals surface area contributed by atoms with Crippen LogP contribution in [0.5, 0.6) is 0 Å². The fourth-order valence-corrected chi connectivity index (χ4v) is 1.44. The summed E-state index contributed by atoms with van der Waals surface area (Å²) in [6.07, 6.45) is 6.62. The van der Waals surface area contributed by atoms with Crippen LogP contribution in [-0.4, -0.2) is 21.7 Å². The number of amides is 1. The molecular formula is C9H14N4O. The summed E-state index contributed by atoms with van der Waals surface area (Å²) in [6.45, 7) is 0.258. The first-order valence-corrected chi connectivity index (χ1v) is 4.81. The average molecular weight is 194 g/mol. The van der Waals surface area contributed by atoms with Crippen molar-refractivity contribution in [1.82, 2.24) is 15.1 Å². The SMILES string of the molecule is Nc1cnn(CC(=O)NC2CCC2)c1. The molecule has 0 bridgehead atoms. The van der Waals surface area contributed by atoms with Crippen LogP contribution in [0, 0.1) is 0 Å². The van der Waals surface area contributed by atoms with E-state index in [1.54, 1.807) is 10.9 Å². The van der Waals surface area contributed by atoms with Gasteiger partial charge in [0.1, 0.15) is 6.54 Å². The molecular weight excluding hydrogens is 180 g/mol. The quantitative estimate of drug-likeness (QED) is 0.718. The van der Waals surface area contributed by atoms with Gasteiger partial charge in [-0.15, -0.1) is 0 Å². The molecule has 14 heavy (non-hydrogen) atoms. The van der Waals surface area contributed by atoms with Crippen LogP contribution in [0.1, 0.15) is 19.3 Å². The van der Waals surface area contributed by atoms with Crippen LogP contribution in [-0.2, 0) is 11.3 Å². The van der Waals surface area contributed by atoms with Crippen LogP contribution in [0.3, 0.4) is 0 Å². The fourth-order valence-electron chi connectivity index (χ4n) is 1.44. The van der Waals surface area contributed by atoms with E-state index in [-0.39, 0.29) is 12.5 Å². The summed E-state index contributed by atoms with van der Waals surface area (Å²) in [7, 11) is 0. The molecule has 1 aromatic rings. The van der Waals surface area contributed by atoms with E-state index < -0.39 is 0 Å². The Hall–Kier alpha value is -1.52. The van der Waals surface area contributed by atoms with Crippen molar-refractivity contribution < 1.29 is 4.79 Å². The van der Waals surface area contributed by atoms with Crippen LogP contribution >= 0.6 is 0 Å². The predicted molar refractivity (Wildman–Crippen MR) is 52.4 cm³/mol. The lowest BCUT2D eigenvalue weighted by atomic mass is 9.93. The normalized spacial score (nSPS) is 16.3. The second-order valence-corrected chi connectivity index (χ2v) is 3.67. The molecule has 1 aliphatic rings. The third-order valence-electron chi connectivity index (χ3n) is 2.43. The molecule has 0 aliphatic heterocycles. The molecule has 0 unspecified atom stereocenters. The Bertz CT molecular complexity index is 329. The predicted octanol–water partition coefficient (Wildman–Crippen LogP) is 0.134. The second-order valence-electron chi connectivity index (χ2n) is 3.67. The van der Waals surface area contributed by atoms with Gasteiger partial charge in [-0.3, -0.25) is 9.48 Å². The van der Waals surface area contributed by atoms with Crippen molar-refractivity contribution >= 4 is 11.6 Å². The number of carbonyl (C=O) groups is 1. The third kappa shape index (κ3) is 2.04. The Kier molecular flexibility index (Phi) is 2.39. The summed E-state index contributed by atoms with van der Waals surface area (Å²) in [5, 5.41) is 6.87. The minimum absolute atomic E-state index is 0.0119. The van der Waals surface area contributed by atoms with Crippen LogP contribution in [0.4, 0.5) is 5.69 Å². The van der Waals surface area contributed by atoms with Crippen molar-refractivity contribution in [3.63, 3.8) is 0 Å². The van der Waals surface area contributed by atoms with Crippen LogP contribution in [0.25, 0.3) is 0 Å². The van der Waals surface area contributed by atoms with Crippen molar-refractivity contribution in [2.24, 2.45) is 0 Å². The summed E-state index contributed by atoms with van der Waals surface area (Å²) < 4.78 is 1.54. The number of rotatable bonds is 3. The number of aromatic nitrogens is 2. The molecule has 1 amide bonds. The number of nitrogens with zero attached hydrogens (tertiary/aromatic N) is 2. The maximum atomic E-state index is 11.4. The molecule has 1 aromatic heterocycles. The largest absolute Gasteiger partial charge is 0.396 e. The minimum Gasteiger partial charge on any atom is -0.396 e. The lowest BCUT2D eigenvalue weighted by Crippen LogP contribution is -2.41. The van der Waals surface area contributed by atoms with E-state index >= 15 is 0 Å². The molecule has 0 aromatic carbocycles. The summed E-state index contributed by atoms with van der Waals surface area (Å²) in [4.78, 5) is 11.4. The summed E-state index contributed by atoms with van der Waals surface area (Å²) in [6, 6.07) is 0.385. The van der Waals surface area contributed by atoms with E-state index in [2.05, 4.69) is 10.4 Å². The first kappa shape index (κ1) is 9.05. The van der Waals surface area contributed by atoms with Crippen molar-refractivity contribution in [2.75, 3.05) is 5.73 Å². The topological polar surface area (TPSA) is 72.9 Å². The van der Waals surface area contributed by atoms with Gasteiger partial charge in [-0.25, -0.2) is 0 Å². The lowest BCUT2D eigenvalue weighted by Gasteiger charge is -2.26. The molecule has 1 heterocycles. The summed E-state index contributed by atoms with van der Waals surface area (Å²) in [5.74, 6) is 0.0119. The van der Waals surface area contributed by atoms with E-state index in [1.807, 2.05) is 0 Å². The number of nitrogens with two attached hydrogens (primary N) is 1. The van der Waals surface area contributed by atoms with Crippen molar-refractivity contribution in [3.05, 3.63) is 12.4 Å². The van der Waals surface area contributed by atoms with Gasteiger partial charge in [-0.05, 0) is 19.3 Å². The summed E-state index contributed by atoms with van der Waals surface area (Å²) >= 11 is 0. The van der Waals surface area contributed by atoms with Gasteiger partial charge >= 0.3 is 0 Å². The van der Waals surface area contributed by atoms with Crippen molar-refractivity contribution in [2.45, 2.75) is 31.8 Å². The second kappa shape index (κ2) is 3.69. The Morgan fingerprint density at radius 1 is 1.71 bits per heavy atom. The Morgan fingerprint density at radius 2 is 2.50 bits per heavy atom. The standard InChI is InChI=1S/C9H14N4O/c10-7-4-11-13(5-7)6-9(14)12-8-2-1-3-8/h4-5,8H,1-3,6,10H2,(H,12,14). The van der Waals surface area contributed by atoms with E-state index in [1.165, 1.54) is 12.6 Å². The highest BCUT2D eigenvalue weighted by Gasteiger charge is 2.19. The number of anilines is 1. The first-order chi connectivity index (χ1) is 6.74. The van der Waals surface area contributed by atoms with Crippen molar-refractivity contribution in [3.8, 4) is 0 Å². The van der Waals surface area contributed by atoms with E-state index in [0.717, 1.165) is 12.8 Å². The Balaban J connectivity index is 1.81. The lowest BCUT2D eigenvalue weighted by molar-refractivity contribution is -0.123. The van der Waals surface area contributed by atoms with E-state index in [4.69, 9.17) is 5.73 Å². The van der Waals surface area contributed by atoms with Gasteiger partial charge in [0.15, 0.2) is 0 Å². The number of hydrogen-bond acceptors (Lipinski definition) is 3. The van der Waals surface area contributed by atoms with Crippen molar-refractivity contribution in [1.29, 1.82) is 0 Å². The van der Waals surface area contributed by atoms with Crippen LogP contribution in [0.15, 0.2) is 12.4 Å². The Morgan fingerprint density at radius 3 is 3.00 bits per heavy atom. The van der Waals surface area contributed by atoms with Gasteiger partial charge in [0.2, 0.25) is 5.91 Å². The number of nitrogens with one attached hydrogen (secondary N) is 1. The summed E-state index contributed by atoms with van der Waals surface area (Å²) in [5.41, 5.74) is 6.06. The molecule has 0 radical (unpaired) electrons. The Labute approximate surface area is 82.3 Å². The number of carbonyl (C=O) groups excluding carboxylic acids is 1.